The van der Waals surface area contributed by atoms with Gasteiger partial charge >= 0.3 is 5.97 Å². The first kappa shape index (κ1) is 44.7. The minimum Gasteiger partial charge on any atom is -0.488 e. The van der Waals surface area contributed by atoms with Crippen molar-refractivity contribution in [2.24, 2.45) is 0 Å². The van der Waals surface area contributed by atoms with Crippen molar-refractivity contribution in [3.63, 3.8) is 0 Å². The van der Waals surface area contributed by atoms with Crippen LogP contribution in [0.3, 0.4) is 0 Å². The fourth-order valence-corrected chi connectivity index (χ4v) is 6.31. The van der Waals surface area contributed by atoms with Crippen LogP contribution >= 0.6 is 23.2 Å². The Morgan fingerprint density at radius 2 is 1.23 bits per heavy atom. The largest absolute Gasteiger partial charge is 0.488 e. The second-order valence-corrected chi connectivity index (χ2v) is 14.2. The molecule has 0 bridgehead atoms. The molecule has 0 saturated carbocycles. The number of carboxylic acids is 1. The highest BCUT2D eigenvalue weighted by molar-refractivity contribution is 6.31. The second-order valence-electron chi connectivity index (χ2n) is 13.3. The molecule has 15 heteroatoms. The predicted octanol–water partition coefficient (Wildman–Crippen LogP) is 11.4. The fraction of sp³-hybridized carbons (Fsp3) is 0.156. The zero-order valence-corrected chi connectivity index (χ0v) is 33.8. The van der Waals surface area contributed by atoms with E-state index < -0.39 is 29.2 Å². The number of hydrogen-bond acceptors (Lipinski definition) is 6. The number of carbonyl (C=O) groups is 4. The molecule has 60 heavy (non-hydrogen) atoms. The van der Waals surface area contributed by atoms with Gasteiger partial charge in [0.25, 0.3) is 0 Å². The van der Waals surface area contributed by atoms with E-state index in [2.05, 4.69) is 5.32 Å². The van der Waals surface area contributed by atoms with Gasteiger partial charge in [-0.25, -0.2) is 22.4 Å². The van der Waals surface area contributed by atoms with Crippen molar-refractivity contribution in [2.75, 3.05) is 5.32 Å². The van der Waals surface area contributed by atoms with E-state index in [-0.39, 0.29) is 71.5 Å². The number of aromatic nitrogens is 1. The number of aromatic carboxylic acids is 1. The Morgan fingerprint density at radius 1 is 0.683 bits per heavy atom. The number of halogens is 6. The van der Waals surface area contributed by atoms with Crippen LogP contribution in [0.15, 0.2) is 103 Å². The Labute approximate surface area is 352 Å². The van der Waals surface area contributed by atoms with E-state index in [4.69, 9.17) is 32.7 Å². The molecule has 0 radical (unpaired) electrons. The first-order chi connectivity index (χ1) is 28.5. The zero-order chi connectivity index (χ0) is 43.7. The summed E-state index contributed by atoms with van der Waals surface area (Å²) in [5.41, 5.74) is 2.38. The first-order valence-electron chi connectivity index (χ1n) is 18.1. The quantitative estimate of drug-likeness (QED) is 0.0825. The highest BCUT2D eigenvalue weighted by Gasteiger charge is 2.20. The summed E-state index contributed by atoms with van der Waals surface area (Å²) in [6, 6.07) is 24.4. The molecular formula is C45H36Cl2F4N2O7. The van der Waals surface area contributed by atoms with Gasteiger partial charge in [-0.15, -0.1) is 0 Å². The van der Waals surface area contributed by atoms with Gasteiger partial charge in [0.1, 0.15) is 53.8 Å². The molecular weight excluding hydrogens is 827 g/mol. The topological polar surface area (TPSA) is 124 Å². The van der Waals surface area contributed by atoms with Crippen LogP contribution in [0.2, 0.25) is 10.0 Å². The number of rotatable bonds is 14. The van der Waals surface area contributed by atoms with Gasteiger partial charge in [-0.2, -0.15) is 0 Å². The molecule has 9 nitrogen and oxygen atoms in total. The molecule has 0 aliphatic carbocycles. The summed E-state index contributed by atoms with van der Waals surface area (Å²) < 4.78 is 68.6. The summed E-state index contributed by atoms with van der Waals surface area (Å²) in [5.74, 6) is -4.36. The first-order valence-corrected chi connectivity index (χ1v) is 18.9. The molecule has 5 aromatic carbocycles. The molecule has 0 atom stereocenters. The summed E-state index contributed by atoms with van der Waals surface area (Å²) in [7, 11) is 0. The van der Waals surface area contributed by atoms with Crippen molar-refractivity contribution in [1.82, 2.24) is 4.57 Å². The molecule has 1 aromatic heterocycles. The molecule has 0 saturated heterocycles. The molecule has 0 aliphatic heterocycles. The van der Waals surface area contributed by atoms with Crippen LogP contribution in [0, 0.1) is 30.2 Å². The molecule has 6 rings (SSSR count). The number of amides is 1. The van der Waals surface area contributed by atoms with E-state index in [1.165, 1.54) is 56.3 Å². The number of ether oxygens (including phenoxy) is 2. The maximum Gasteiger partial charge on any atom is 0.335 e. The van der Waals surface area contributed by atoms with Gasteiger partial charge in [0.2, 0.25) is 5.91 Å². The number of nitrogens with zero attached hydrogens (tertiary/aromatic N) is 1. The molecule has 0 aliphatic rings. The Morgan fingerprint density at radius 3 is 1.78 bits per heavy atom. The molecule has 0 fully saturated rings. The number of Topliss-reactive ketones (excluding diaryl/α,β-unsaturated/α-hetero) is 2. The average Bonchev–Trinajstić information content (AvgIpc) is 3.58. The number of carboxylic acid groups (broad SMARTS) is 1. The fourth-order valence-electron chi connectivity index (χ4n) is 5.97. The third-order valence-electron chi connectivity index (χ3n) is 8.85. The standard InChI is InChI=1S/C27H21ClF2N2O4.C18H15ClF2O3/c1-15-6-8-25(32(15)20-11-17(27(34)35)10-19(13-20)31-16(2)33)21-12-18(28)7-9-26(21)36-14-22-23(29)4-3-5-24(22)30;1-11(22)5-7-17(23)13-9-12(19)6-8-18(13)24-10-14-15(20)3-2-4-16(14)21/h3-13H,14H2,1-2H3,(H,31,33)(H,34,35);2-4,6,8-9H,5,7,10H2,1H3. The van der Waals surface area contributed by atoms with Crippen LogP contribution in [-0.4, -0.2) is 33.1 Å². The molecule has 1 amide bonds. The van der Waals surface area contributed by atoms with E-state index in [0.29, 0.717) is 38.4 Å². The number of benzene rings is 5. The van der Waals surface area contributed by atoms with Gasteiger partial charge in [-0.1, -0.05) is 35.3 Å². The van der Waals surface area contributed by atoms with Gasteiger partial charge < -0.3 is 29.3 Å². The minimum atomic E-state index is -1.16. The van der Waals surface area contributed by atoms with E-state index in [1.807, 2.05) is 13.0 Å². The van der Waals surface area contributed by atoms with Crippen molar-refractivity contribution < 1.29 is 51.3 Å². The second kappa shape index (κ2) is 20.0. The van der Waals surface area contributed by atoms with E-state index in [9.17, 15) is 41.8 Å². The molecule has 0 unspecified atom stereocenters. The van der Waals surface area contributed by atoms with E-state index >= 15 is 0 Å². The number of ketones is 2. The summed E-state index contributed by atoms with van der Waals surface area (Å²) in [6.07, 6.45) is 0.118. The molecule has 0 spiro atoms. The van der Waals surface area contributed by atoms with Crippen molar-refractivity contribution in [3.05, 3.63) is 164 Å². The van der Waals surface area contributed by atoms with Crippen LogP contribution in [0.25, 0.3) is 16.9 Å². The Hall–Kier alpha value is -6.44. The Kier molecular flexibility index (Phi) is 14.9. The number of carbonyl (C=O) groups excluding carboxylic acids is 3. The Bertz CT molecular complexity index is 2560. The smallest absolute Gasteiger partial charge is 0.335 e. The monoisotopic (exact) mass is 862 g/mol. The number of nitrogens with one attached hydrogen (secondary N) is 1. The molecule has 1 heterocycles. The number of anilines is 1. The highest BCUT2D eigenvalue weighted by Crippen LogP contribution is 2.37. The minimum absolute atomic E-state index is 0.0140. The van der Waals surface area contributed by atoms with Crippen molar-refractivity contribution >= 4 is 52.3 Å². The lowest BCUT2D eigenvalue weighted by molar-refractivity contribution is -0.117. The zero-order valence-electron chi connectivity index (χ0n) is 32.3. The maximum absolute atomic E-state index is 14.1. The maximum atomic E-state index is 14.1. The average molecular weight is 864 g/mol. The SMILES string of the molecule is CC(=O)CCC(=O)c1cc(Cl)ccc1OCc1c(F)cccc1F.CC(=O)Nc1cc(C(=O)O)cc(-n2c(C)ccc2-c2cc(Cl)ccc2OCc2c(F)cccc2F)c1. The van der Waals surface area contributed by atoms with E-state index in [1.54, 1.807) is 34.9 Å². The highest BCUT2D eigenvalue weighted by atomic mass is 35.5. The van der Waals surface area contributed by atoms with Crippen molar-refractivity contribution in [3.8, 4) is 28.4 Å². The number of aryl methyl sites for hydroxylation is 1. The lowest BCUT2D eigenvalue weighted by Crippen LogP contribution is -2.09. The third kappa shape index (κ3) is 11.4. The van der Waals surface area contributed by atoms with Crippen LogP contribution in [-0.2, 0) is 22.8 Å². The van der Waals surface area contributed by atoms with Crippen LogP contribution in [0.5, 0.6) is 11.5 Å². The Balaban J connectivity index is 0.000000247. The normalized spacial score (nSPS) is 10.7. The van der Waals surface area contributed by atoms with Crippen molar-refractivity contribution in [2.45, 2.75) is 46.8 Å². The van der Waals surface area contributed by atoms with Crippen molar-refractivity contribution in [1.29, 1.82) is 0 Å². The van der Waals surface area contributed by atoms with Gasteiger partial charge in [0, 0.05) is 52.4 Å². The molecule has 2 N–H and O–H groups in total. The summed E-state index contributed by atoms with van der Waals surface area (Å²) in [6.45, 7) is 3.83. The third-order valence-corrected chi connectivity index (χ3v) is 9.32. The van der Waals surface area contributed by atoms with Gasteiger partial charge in [0.15, 0.2) is 5.78 Å². The molecule has 6 aromatic rings. The summed E-state index contributed by atoms with van der Waals surface area (Å²) in [4.78, 5) is 46.6. The van der Waals surface area contributed by atoms with Gasteiger partial charge in [0.05, 0.1) is 27.9 Å². The van der Waals surface area contributed by atoms with Gasteiger partial charge in [-0.05, 0) is 105 Å². The van der Waals surface area contributed by atoms with Crippen LogP contribution in [0.4, 0.5) is 23.2 Å². The molecule has 310 valence electrons. The summed E-state index contributed by atoms with van der Waals surface area (Å²) >= 11 is 12.2. The number of hydrogen-bond donors (Lipinski definition) is 2. The predicted molar refractivity (Wildman–Crippen MR) is 219 cm³/mol. The van der Waals surface area contributed by atoms with Gasteiger partial charge in [-0.3, -0.25) is 9.59 Å². The lowest BCUT2D eigenvalue weighted by atomic mass is 10.0. The van der Waals surface area contributed by atoms with E-state index in [0.717, 1.165) is 30.0 Å². The van der Waals surface area contributed by atoms with Crippen LogP contribution in [0.1, 0.15) is 64.2 Å². The summed E-state index contributed by atoms with van der Waals surface area (Å²) in [5, 5.41) is 12.9. The van der Waals surface area contributed by atoms with Crippen LogP contribution < -0.4 is 14.8 Å². The lowest BCUT2D eigenvalue weighted by Gasteiger charge is -2.18.